The number of hydrogen-bond donors (Lipinski definition) is 1. The van der Waals surface area contributed by atoms with Gasteiger partial charge < -0.3 is 9.84 Å². The van der Waals surface area contributed by atoms with Gasteiger partial charge in [-0.2, -0.15) is 0 Å². The first-order valence-corrected chi connectivity index (χ1v) is 4.61. The molecule has 2 heteroatoms. The molecule has 0 fully saturated rings. The molecular weight excluding hydrogens is 188 g/mol. The van der Waals surface area contributed by atoms with Crippen LogP contribution in [0.3, 0.4) is 0 Å². The van der Waals surface area contributed by atoms with Crippen molar-refractivity contribution in [1.29, 1.82) is 0 Å². The molecule has 0 amide bonds. The number of allylic oxidation sites excluding steroid dienone is 2. The van der Waals surface area contributed by atoms with Crippen molar-refractivity contribution in [1.82, 2.24) is 0 Å². The van der Waals surface area contributed by atoms with Gasteiger partial charge in [-0.1, -0.05) is 43.5 Å². The average molecular weight is 202 g/mol. The van der Waals surface area contributed by atoms with E-state index >= 15 is 0 Å². The number of benzene rings is 1. The van der Waals surface area contributed by atoms with Gasteiger partial charge in [0.15, 0.2) is 11.5 Å². The minimum absolute atomic E-state index is 0.137. The number of hydrogen-bond acceptors (Lipinski definition) is 2. The van der Waals surface area contributed by atoms with Crippen molar-refractivity contribution in [3.8, 4) is 11.5 Å². The van der Waals surface area contributed by atoms with Gasteiger partial charge in [-0.05, 0) is 17.7 Å². The molecule has 0 atom stereocenters. The molecule has 0 aliphatic heterocycles. The molecule has 0 aromatic heterocycles. The quantitative estimate of drug-likeness (QED) is 0.743. The van der Waals surface area contributed by atoms with Crippen LogP contribution in [0.5, 0.6) is 11.5 Å². The van der Waals surface area contributed by atoms with Crippen molar-refractivity contribution in [2.24, 2.45) is 0 Å². The second-order valence-electron chi connectivity index (χ2n) is 3.01. The minimum atomic E-state index is 0.137. The van der Waals surface area contributed by atoms with E-state index in [9.17, 15) is 5.11 Å². The van der Waals surface area contributed by atoms with E-state index in [-0.39, 0.29) is 5.75 Å². The van der Waals surface area contributed by atoms with Crippen molar-refractivity contribution in [2.75, 3.05) is 6.61 Å². The molecule has 0 radical (unpaired) electrons. The fourth-order valence-corrected chi connectivity index (χ4v) is 1.00. The molecule has 0 saturated carbocycles. The number of phenols is 1. The highest BCUT2D eigenvalue weighted by atomic mass is 16.5. The van der Waals surface area contributed by atoms with Gasteiger partial charge in [0.2, 0.25) is 0 Å². The second kappa shape index (κ2) is 5.70. The summed E-state index contributed by atoms with van der Waals surface area (Å²) in [5.74, 6) is 0.601. The lowest BCUT2D eigenvalue weighted by Gasteiger charge is -2.07. The predicted octanol–water partition coefficient (Wildman–Crippen LogP) is 3.07. The lowest BCUT2D eigenvalue weighted by Crippen LogP contribution is -1.98. The van der Waals surface area contributed by atoms with Crippen LogP contribution in [0.2, 0.25) is 0 Å². The summed E-state index contributed by atoms with van der Waals surface area (Å²) in [6, 6.07) is 6.84. The number of rotatable bonds is 5. The van der Waals surface area contributed by atoms with Crippen LogP contribution in [-0.2, 0) is 0 Å². The summed E-state index contributed by atoms with van der Waals surface area (Å²) in [6.45, 7) is 7.70. The van der Waals surface area contributed by atoms with Crippen LogP contribution in [0.25, 0.3) is 0 Å². The molecule has 0 saturated heterocycles. The zero-order valence-corrected chi connectivity index (χ0v) is 8.52. The Morgan fingerprint density at radius 3 is 2.80 bits per heavy atom. The summed E-state index contributed by atoms with van der Waals surface area (Å²) in [5.41, 5.74) is 0.818. The van der Waals surface area contributed by atoms with Gasteiger partial charge in [0.05, 0.1) is 0 Å². The number of phenolic OH excluding ortho intramolecular Hbond substituents is 1. The first-order valence-electron chi connectivity index (χ1n) is 4.61. The lowest BCUT2D eigenvalue weighted by atomic mass is 10.3. The molecule has 1 N–H and O–H groups in total. The van der Waals surface area contributed by atoms with Gasteiger partial charge in [-0.3, -0.25) is 0 Å². The van der Waals surface area contributed by atoms with Crippen LogP contribution < -0.4 is 4.74 Å². The summed E-state index contributed by atoms with van der Waals surface area (Å²) < 4.78 is 5.36. The zero-order chi connectivity index (χ0) is 11.1. The number of para-hydroxylation sites is 2. The van der Waals surface area contributed by atoms with E-state index in [4.69, 9.17) is 4.74 Å². The van der Waals surface area contributed by atoms with Crippen molar-refractivity contribution in [3.05, 3.63) is 61.2 Å². The van der Waals surface area contributed by atoms with Crippen LogP contribution in [0.4, 0.5) is 0 Å². The molecule has 0 aliphatic rings. The summed E-state index contributed by atoms with van der Waals surface area (Å²) in [7, 11) is 0. The van der Waals surface area contributed by atoms with Crippen LogP contribution >= 0.6 is 0 Å². The Labute approximate surface area is 89.8 Å². The second-order valence-corrected chi connectivity index (χ2v) is 3.01. The van der Waals surface area contributed by atoms with Gasteiger partial charge in [-0.15, -0.1) is 0 Å². The largest absolute Gasteiger partial charge is 0.504 e. The maximum Gasteiger partial charge on any atom is 0.161 e. The van der Waals surface area contributed by atoms with E-state index in [2.05, 4.69) is 13.2 Å². The maximum atomic E-state index is 9.41. The van der Waals surface area contributed by atoms with Crippen molar-refractivity contribution in [3.63, 3.8) is 0 Å². The topological polar surface area (TPSA) is 29.5 Å². The van der Waals surface area contributed by atoms with Crippen LogP contribution in [0, 0.1) is 0 Å². The van der Waals surface area contributed by atoms with E-state index in [0.29, 0.717) is 12.4 Å². The average Bonchev–Trinajstić information content (AvgIpc) is 2.25. The minimum Gasteiger partial charge on any atom is -0.504 e. The summed E-state index contributed by atoms with van der Waals surface area (Å²) in [5, 5.41) is 9.41. The first-order chi connectivity index (χ1) is 7.24. The zero-order valence-electron chi connectivity index (χ0n) is 8.52. The first kappa shape index (κ1) is 11.1. The Hall–Kier alpha value is -1.96. The highest BCUT2D eigenvalue weighted by Crippen LogP contribution is 2.24. The van der Waals surface area contributed by atoms with E-state index < -0.39 is 0 Å². The smallest absolute Gasteiger partial charge is 0.161 e. The van der Waals surface area contributed by atoms with Crippen molar-refractivity contribution in [2.45, 2.75) is 0 Å². The van der Waals surface area contributed by atoms with Gasteiger partial charge in [0.1, 0.15) is 6.61 Å². The fraction of sp³-hybridized carbons (Fsp3) is 0.0769. The molecule has 0 unspecified atom stereocenters. The van der Waals surface area contributed by atoms with E-state index in [1.165, 1.54) is 0 Å². The van der Waals surface area contributed by atoms with Gasteiger partial charge in [-0.25, -0.2) is 0 Å². The molecule has 15 heavy (non-hydrogen) atoms. The third-order valence-corrected chi connectivity index (χ3v) is 1.75. The van der Waals surface area contributed by atoms with Crippen LogP contribution in [0.1, 0.15) is 0 Å². The molecule has 0 aliphatic carbocycles. The van der Waals surface area contributed by atoms with Crippen molar-refractivity contribution >= 4 is 0 Å². The summed E-state index contributed by atoms with van der Waals surface area (Å²) in [6.07, 6.45) is 5.27. The Morgan fingerprint density at radius 1 is 1.40 bits per heavy atom. The fourth-order valence-electron chi connectivity index (χ4n) is 1.00. The number of ether oxygens (including phenoxy) is 1. The Kier molecular flexibility index (Phi) is 4.23. The predicted molar refractivity (Wildman–Crippen MR) is 62.1 cm³/mol. The highest BCUT2D eigenvalue weighted by molar-refractivity contribution is 5.38. The van der Waals surface area contributed by atoms with Crippen LogP contribution in [0.15, 0.2) is 61.2 Å². The SMILES string of the molecule is C=C/C=C\C(=C)COc1ccccc1O. The summed E-state index contributed by atoms with van der Waals surface area (Å²) in [4.78, 5) is 0. The highest BCUT2D eigenvalue weighted by Gasteiger charge is 1.99. The van der Waals surface area contributed by atoms with Gasteiger partial charge in [0, 0.05) is 0 Å². The molecule has 2 nitrogen and oxygen atoms in total. The maximum absolute atomic E-state index is 9.41. The third-order valence-electron chi connectivity index (χ3n) is 1.75. The monoisotopic (exact) mass is 202 g/mol. The Balaban J connectivity index is 2.50. The van der Waals surface area contributed by atoms with Crippen molar-refractivity contribution < 1.29 is 9.84 Å². The van der Waals surface area contributed by atoms with E-state index in [1.807, 2.05) is 6.08 Å². The van der Waals surface area contributed by atoms with E-state index in [0.717, 1.165) is 5.57 Å². The normalized spacial score (nSPS) is 10.1. The molecule has 1 aromatic rings. The molecule has 0 spiro atoms. The molecule has 1 rings (SSSR count). The van der Waals surface area contributed by atoms with Gasteiger partial charge >= 0.3 is 0 Å². The van der Waals surface area contributed by atoms with Crippen LogP contribution in [-0.4, -0.2) is 11.7 Å². The molecule has 0 bridgehead atoms. The Bertz CT molecular complexity index is 378. The number of aromatic hydroxyl groups is 1. The molecular formula is C13H14O2. The Morgan fingerprint density at radius 2 is 2.13 bits per heavy atom. The molecule has 78 valence electrons. The molecule has 1 aromatic carbocycles. The third kappa shape index (κ3) is 3.73. The standard InChI is InChI=1S/C13H14O2/c1-3-4-7-11(2)10-15-13-9-6-5-8-12(13)14/h3-9,14H,1-2,10H2/b7-4-. The molecule has 0 heterocycles. The van der Waals surface area contributed by atoms with Gasteiger partial charge in [0.25, 0.3) is 0 Å². The summed E-state index contributed by atoms with van der Waals surface area (Å²) >= 11 is 0. The van der Waals surface area contributed by atoms with E-state index in [1.54, 1.807) is 36.4 Å². The lowest BCUT2D eigenvalue weighted by molar-refractivity contribution is 0.331.